The third kappa shape index (κ3) is 8.40. The maximum absolute atomic E-state index is 13.3. The summed E-state index contributed by atoms with van der Waals surface area (Å²) < 4.78 is 11.4. The van der Waals surface area contributed by atoms with Gasteiger partial charge in [0.05, 0.1) is 13.2 Å². The van der Waals surface area contributed by atoms with Gasteiger partial charge in [0.2, 0.25) is 11.8 Å². The van der Waals surface area contributed by atoms with Crippen LogP contribution in [0.15, 0.2) is 42.5 Å². The summed E-state index contributed by atoms with van der Waals surface area (Å²) in [4.78, 5) is 27.8. The molecule has 0 radical (unpaired) electrons. The molecule has 0 saturated carbocycles. The van der Waals surface area contributed by atoms with Gasteiger partial charge >= 0.3 is 0 Å². The smallest absolute Gasteiger partial charge is 0.242 e. The maximum atomic E-state index is 13.3. The van der Waals surface area contributed by atoms with Crippen molar-refractivity contribution in [2.75, 3.05) is 19.8 Å². The molecule has 6 heteroatoms. The second-order valence-electron chi connectivity index (χ2n) is 8.97. The van der Waals surface area contributed by atoms with Crippen molar-refractivity contribution >= 4 is 11.8 Å². The van der Waals surface area contributed by atoms with Crippen molar-refractivity contribution < 1.29 is 19.1 Å². The lowest BCUT2D eigenvalue weighted by Crippen LogP contribution is -2.48. The van der Waals surface area contributed by atoms with Crippen LogP contribution in [0.25, 0.3) is 0 Å². The molecular formula is C28H40N2O4. The largest absolute Gasteiger partial charge is 0.490 e. The van der Waals surface area contributed by atoms with Crippen molar-refractivity contribution in [3.8, 4) is 11.5 Å². The van der Waals surface area contributed by atoms with E-state index in [0.29, 0.717) is 56.6 Å². The lowest BCUT2D eigenvalue weighted by atomic mass is 10.1. The van der Waals surface area contributed by atoms with Gasteiger partial charge in [0.1, 0.15) is 6.04 Å². The van der Waals surface area contributed by atoms with Gasteiger partial charge in [0.25, 0.3) is 0 Å². The van der Waals surface area contributed by atoms with Crippen molar-refractivity contribution in [1.29, 1.82) is 0 Å². The Labute approximate surface area is 204 Å². The average Bonchev–Trinajstić information content (AvgIpc) is 2.81. The molecule has 0 aliphatic heterocycles. The van der Waals surface area contributed by atoms with E-state index in [1.807, 2.05) is 77.1 Å². The molecular weight excluding hydrogens is 428 g/mol. The number of carbonyl (C=O) groups excluding carboxylic acids is 2. The van der Waals surface area contributed by atoms with E-state index in [2.05, 4.69) is 5.32 Å². The monoisotopic (exact) mass is 468 g/mol. The predicted molar refractivity (Wildman–Crippen MR) is 136 cm³/mol. The fourth-order valence-corrected chi connectivity index (χ4v) is 3.57. The number of benzene rings is 2. The predicted octanol–water partition coefficient (Wildman–Crippen LogP) is 4.91. The van der Waals surface area contributed by atoms with E-state index in [-0.39, 0.29) is 11.8 Å². The Kier molecular flexibility index (Phi) is 10.9. The zero-order valence-electron chi connectivity index (χ0n) is 21.5. The molecule has 186 valence electrons. The molecule has 0 aromatic heterocycles. The number of nitrogens with zero attached hydrogens (tertiary/aromatic N) is 1. The molecule has 2 rings (SSSR count). The summed E-state index contributed by atoms with van der Waals surface area (Å²) >= 11 is 0. The van der Waals surface area contributed by atoms with Crippen LogP contribution in [0.1, 0.15) is 57.7 Å². The molecule has 34 heavy (non-hydrogen) atoms. The zero-order valence-corrected chi connectivity index (χ0v) is 21.5. The molecule has 0 saturated heterocycles. The molecule has 0 aliphatic rings. The molecule has 0 aliphatic carbocycles. The number of hydrogen-bond acceptors (Lipinski definition) is 4. The first kappa shape index (κ1) is 27.2. The maximum Gasteiger partial charge on any atom is 0.242 e. The molecule has 2 amide bonds. The summed E-state index contributed by atoms with van der Waals surface area (Å²) in [5, 5.41) is 2.96. The second kappa shape index (κ2) is 13.6. The van der Waals surface area contributed by atoms with Gasteiger partial charge in [-0.2, -0.15) is 0 Å². The summed E-state index contributed by atoms with van der Waals surface area (Å²) in [5.74, 6) is 1.55. The normalized spacial score (nSPS) is 11.7. The van der Waals surface area contributed by atoms with Crippen molar-refractivity contribution in [3.05, 3.63) is 59.2 Å². The molecule has 1 unspecified atom stereocenters. The average molecular weight is 469 g/mol. The molecule has 6 nitrogen and oxygen atoms in total. The quantitative estimate of drug-likeness (QED) is 0.453. The topological polar surface area (TPSA) is 67.9 Å². The van der Waals surface area contributed by atoms with Gasteiger partial charge < -0.3 is 19.7 Å². The minimum Gasteiger partial charge on any atom is -0.490 e. The Morgan fingerprint density at radius 3 is 2.15 bits per heavy atom. The Hall–Kier alpha value is -3.02. The van der Waals surface area contributed by atoms with Crippen LogP contribution in [0.5, 0.6) is 11.5 Å². The number of aryl methyl sites for hydroxylation is 2. The lowest BCUT2D eigenvalue weighted by molar-refractivity contribution is -0.140. The van der Waals surface area contributed by atoms with Crippen molar-refractivity contribution in [2.45, 2.75) is 67.0 Å². The van der Waals surface area contributed by atoms with E-state index in [1.54, 1.807) is 11.8 Å². The summed E-state index contributed by atoms with van der Waals surface area (Å²) in [6.07, 6.45) is 0.850. The number of amides is 2. The van der Waals surface area contributed by atoms with Gasteiger partial charge in [0.15, 0.2) is 11.5 Å². The van der Waals surface area contributed by atoms with Crippen LogP contribution in [-0.2, 0) is 22.6 Å². The Morgan fingerprint density at radius 2 is 1.53 bits per heavy atom. The van der Waals surface area contributed by atoms with Gasteiger partial charge in [-0.15, -0.1) is 0 Å². The molecule has 1 N–H and O–H groups in total. The van der Waals surface area contributed by atoms with Gasteiger partial charge in [-0.05, 0) is 63.3 Å². The highest BCUT2D eigenvalue weighted by atomic mass is 16.5. The zero-order chi connectivity index (χ0) is 25.1. The highest BCUT2D eigenvalue weighted by Crippen LogP contribution is 2.29. The molecule has 0 heterocycles. The molecule has 0 spiro atoms. The second-order valence-corrected chi connectivity index (χ2v) is 8.97. The van der Waals surface area contributed by atoms with E-state index in [4.69, 9.17) is 9.47 Å². The number of rotatable bonds is 13. The van der Waals surface area contributed by atoms with Crippen LogP contribution in [0.4, 0.5) is 0 Å². The summed E-state index contributed by atoms with van der Waals surface area (Å²) in [7, 11) is 0. The van der Waals surface area contributed by atoms with Crippen LogP contribution >= 0.6 is 0 Å². The highest BCUT2D eigenvalue weighted by Gasteiger charge is 2.26. The van der Waals surface area contributed by atoms with E-state index < -0.39 is 6.04 Å². The number of carbonyl (C=O) groups is 2. The van der Waals surface area contributed by atoms with Crippen molar-refractivity contribution in [3.63, 3.8) is 0 Å². The van der Waals surface area contributed by atoms with Crippen molar-refractivity contribution in [2.24, 2.45) is 5.92 Å². The summed E-state index contributed by atoms with van der Waals surface area (Å²) in [6, 6.07) is 13.3. The number of nitrogens with one attached hydrogen (secondary N) is 1. The minimum absolute atomic E-state index is 0.0559. The van der Waals surface area contributed by atoms with E-state index in [1.165, 1.54) is 0 Å². The van der Waals surface area contributed by atoms with Crippen molar-refractivity contribution in [1.82, 2.24) is 10.2 Å². The Bertz CT molecular complexity index is 925. The molecule has 2 aromatic carbocycles. The van der Waals surface area contributed by atoms with Gasteiger partial charge in [0, 0.05) is 19.5 Å². The third-order valence-corrected chi connectivity index (χ3v) is 5.56. The van der Waals surface area contributed by atoms with Gasteiger partial charge in [-0.25, -0.2) is 0 Å². The molecule has 1 atom stereocenters. The molecule has 2 aromatic rings. The van der Waals surface area contributed by atoms with Crippen LogP contribution in [0.2, 0.25) is 0 Å². The van der Waals surface area contributed by atoms with Crippen LogP contribution < -0.4 is 14.8 Å². The first-order chi connectivity index (χ1) is 16.2. The minimum atomic E-state index is -0.563. The highest BCUT2D eigenvalue weighted by molar-refractivity contribution is 5.87. The van der Waals surface area contributed by atoms with E-state index in [0.717, 1.165) is 16.7 Å². The van der Waals surface area contributed by atoms with Gasteiger partial charge in [-0.1, -0.05) is 49.7 Å². The summed E-state index contributed by atoms with van der Waals surface area (Å²) in [5.41, 5.74) is 3.15. The van der Waals surface area contributed by atoms with E-state index in [9.17, 15) is 9.59 Å². The van der Waals surface area contributed by atoms with E-state index >= 15 is 0 Å². The Morgan fingerprint density at radius 1 is 0.912 bits per heavy atom. The molecule has 0 fully saturated rings. The van der Waals surface area contributed by atoms with Crippen LogP contribution in [0, 0.1) is 12.8 Å². The number of ether oxygens (including phenoxy) is 2. The Balaban J connectivity index is 2.16. The van der Waals surface area contributed by atoms with Crippen LogP contribution in [-0.4, -0.2) is 42.5 Å². The standard InChI is InChI=1S/C28H40N2O4/c1-7-33-25-15-13-23(17-26(25)34-8-2)14-16-27(31)30(19-24-11-9-21(5)10-12-24)22(6)28(32)29-18-20(3)4/h9-13,15,17,20,22H,7-8,14,16,18-19H2,1-6H3,(H,29,32). The first-order valence-electron chi connectivity index (χ1n) is 12.3. The fourth-order valence-electron chi connectivity index (χ4n) is 3.57. The SMILES string of the molecule is CCOc1ccc(CCC(=O)N(Cc2ccc(C)cc2)C(C)C(=O)NCC(C)C)cc1OCC. The van der Waals surface area contributed by atoms with Gasteiger partial charge in [-0.3, -0.25) is 9.59 Å². The fraction of sp³-hybridized carbons (Fsp3) is 0.500. The number of hydrogen-bond donors (Lipinski definition) is 1. The molecule has 0 bridgehead atoms. The first-order valence-corrected chi connectivity index (χ1v) is 12.3. The van der Waals surface area contributed by atoms with Crippen LogP contribution in [0.3, 0.4) is 0 Å². The lowest BCUT2D eigenvalue weighted by Gasteiger charge is -2.29. The third-order valence-electron chi connectivity index (χ3n) is 5.56. The summed E-state index contributed by atoms with van der Waals surface area (Å²) in [6.45, 7) is 13.9.